The van der Waals surface area contributed by atoms with Crippen LogP contribution in [0.4, 0.5) is 14.9 Å². The molecular weight excluding hydrogens is 367 g/mol. The molecule has 0 radical (unpaired) electrons. The second-order valence-corrected chi connectivity index (χ2v) is 6.86. The van der Waals surface area contributed by atoms with Crippen molar-refractivity contribution >= 4 is 23.3 Å². The van der Waals surface area contributed by atoms with E-state index >= 15 is 0 Å². The van der Waals surface area contributed by atoms with E-state index in [1.807, 2.05) is 30.3 Å². The highest BCUT2D eigenvalue weighted by molar-refractivity contribution is 6.31. The first kappa shape index (κ1) is 19.2. The van der Waals surface area contributed by atoms with E-state index < -0.39 is 5.82 Å². The fraction of sp³-hybridized carbons (Fsp3) is 0.300. The predicted octanol–water partition coefficient (Wildman–Crippen LogP) is 4.26. The lowest BCUT2D eigenvalue weighted by Gasteiger charge is -2.38. The number of rotatable bonds is 3. The van der Waals surface area contributed by atoms with Gasteiger partial charge >= 0.3 is 6.03 Å². The van der Waals surface area contributed by atoms with Crippen LogP contribution < -0.4 is 5.32 Å². The summed E-state index contributed by atoms with van der Waals surface area (Å²) in [7, 11) is 0. The van der Waals surface area contributed by atoms with Crippen LogP contribution in [0.5, 0.6) is 0 Å². The number of piperazine rings is 1. The Kier molecular flexibility index (Phi) is 5.94. The molecule has 1 atom stereocenters. The topological polar surface area (TPSA) is 59.4 Å². The van der Waals surface area contributed by atoms with Crippen molar-refractivity contribution in [3.63, 3.8) is 0 Å². The molecule has 5 nitrogen and oxygen atoms in total. The van der Waals surface area contributed by atoms with Gasteiger partial charge in [-0.1, -0.05) is 29.8 Å². The monoisotopic (exact) mass is 386 g/mol. The molecule has 0 spiro atoms. The third-order valence-electron chi connectivity index (χ3n) is 4.85. The predicted molar refractivity (Wildman–Crippen MR) is 103 cm³/mol. The molecule has 0 bridgehead atoms. The number of hydrogen-bond acceptors (Lipinski definition) is 3. The Hall–Kier alpha value is -2.62. The van der Waals surface area contributed by atoms with Crippen molar-refractivity contribution in [2.75, 3.05) is 31.5 Å². The van der Waals surface area contributed by atoms with Gasteiger partial charge in [0.1, 0.15) is 11.9 Å². The highest BCUT2D eigenvalue weighted by Crippen LogP contribution is 2.28. The number of hydrogen-bond donors (Lipinski definition) is 1. The Morgan fingerprint density at radius 2 is 1.93 bits per heavy atom. The highest BCUT2D eigenvalue weighted by Gasteiger charge is 2.26. The Morgan fingerprint density at radius 3 is 2.59 bits per heavy atom. The van der Waals surface area contributed by atoms with Gasteiger partial charge < -0.3 is 10.2 Å². The smallest absolute Gasteiger partial charge is 0.321 e. The molecule has 1 aliphatic heterocycles. The fourth-order valence-corrected chi connectivity index (χ4v) is 3.53. The van der Waals surface area contributed by atoms with Gasteiger partial charge in [-0.2, -0.15) is 5.26 Å². The second-order valence-electron chi connectivity index (χ2n) is 6.45. The normalized spacial score (nSPS) is 15.9. The molecule has 27 heavy (non-hydrogen) atoms. The Morgan fingerprint density at radius 1 is 1.22 bits per heavy atom. The minimum absolute atomic E-state index is 0.106. The van der Waals surface area contributed by atoms with E-state index in [0.29, 0.717) is 31.9 Å². The van der Waals surface area contributed by atoms with Crippen LogP contribution in [0.2, 0.25) is 5.02 Å². The van der Waals surface area contributed by atoms with Crippen molar-refractivity contribution < 1.29 is 9.18 Å². The second kappa shape index (κ2) is 8.38. The van der Waals surface area contributed by atoms with Crippen LogP contribution in [0.1, 0.15) is 24.1 Å². The summed E-state index contributed by atoms with van der Waals surface area (Å²) in [6.07, 6.45) is 0. The minimum Gasteiger partial charge on any atom is -0.322 e. The molecule has 140 valence electrons. The SMILES string of the molecule is CC(c1ccccc1Cl)N1CCN(C(=O)Nc2ccc(F)cc2C#N)CC1. The van der Waals surface area contributed by atoms with Crippen molar-refractivity contribution in [1.82, 2.24) is 9.80 Å². The molecule has 1 unspecified atom stereocenters. The van der Waals surface area contributed by atoms with Crippen LogP contribution in [0.25, 0.3) is 0 Å². The average Bonchev–Trinajstić information content (AvgIpc) is 2.69. The summed E-state index contributed by atoms with van der Waals surface area (Å²) in [4.78, 5) is 16.5. The number of nitriles is 1. The van der Waals surface area contributed by atoms with Crippen LogP contribution in [0.3, 0.4) is 0 Å². The summed E-state index contributed by atoms with van der Waals surface area (Å²) in [6, 6.07) is 13.3. The summed E-state index contributed by atoms with van der Waals surface area (Å²) in [5.74, 6) is -0.508. The molecule has 0 saturated carbocycles. The average molecular weight is 387 g/mol. The van der Waals surface area contributed by atoms with E-state index in [0.717, 1.165) is 16.7 Å². The Bertz CT molecular complexity index is 875. The first-order valence-corrected chi connectivity index (χ1v) is 9.11. The van der Waals surface area contributed by atoms with Gasteiger partial charge in [-0.25, -0.2) is 9.18 Å². The molecule has 1 heterocycles. The Balaban J connectivity index is 1.60. The van der Waals surface area contributed by atoms with E-state index in [1.54, 1.807) is 4.90 Å². The first-order valence-electron chi connectivity index (χ1n) is 8.73. The van der Waals surface area contributed by atoms with E-state index in [1.165, 1.54) is 12.1 Å². The number of urea groups is 1. The number of anilines is 1. The number of carbonyl (C=O) groups is 1. The number of benzene rings is 2. The zero-order valence-electron chi connectivity index (χ0n) is 15.0. The summed E-state index contributed by atoms with van der Waals surface area (Å²) in [6.45, 7) is 4.66. The van der Waals surface area contributed by atoms with Crippen LogP contribution in [-0.2, 0) is 0 Å². The molecule has 2 amide bonds. The Labute approximate surface area is 162 Å². The lowest BCUT2D eigenvalue weighted by molar-refractivity contribution is 0.119. The van der Waals surface area contributed by atoms with E-state index in [9.17, 15) is 9.18 Å². The van der Waals surface area contributed by atoms with Crippen molar-refractivity contribution in [2.45, 2.75) is 13.0 Å². The van der Waals surface area contributed by atoms with Crippen molar-refractivity contribution in [2.24, 2.45) is 0 Å². The van der Waals surface area contributed by atoms with Gasteiger partial charge in [0.15, 0.2) is 0 Å². The molecule has 0 aromatic heterocycles. The molecular formula is C20H20ClFN4O. The minimum atomic E-state index is -0.508. The maximum Gasteiger partial charge on any atom is 0.321 e. The molecule has 2 aromatic rings. The molecule has 0 aliphatic carbocycles. The third kappa shape index (κ3) is 4.38. The van der Waals surface area contributed by atoms with E-state index in [-0.39, 0.29) is 17.6 Å². The number of amides is 2. The van der Waals surface area contributed by atoms with Gasteiger partial charge in [0.25, 0.3) is 0 Å². The third-order valence-corrected chi connectivity index (χ3v) is 5.19. The number of nitrogens with zero attached hydrogens (tertiary/aromatic N) is 3. The van der Waals surface area contributed by atoms with Crippen molar-refractivity contribution in [1.29, 1.82) is 5.26 Å². The largest absolute Gasteiger partial charge is 0.322 e. The molecule has 7 heteroatoms. The molecule has 1 aliphatic rings. The molecule has 1 fully saturated rings. The molecule has 3 rings (SSSR count). The zero-order chi connectivity index (χ0) is 19.4. The van der Waals surface area contributed by atoms with Crippen LogP contribution in [-0.4, -0.2) is 42.0 Å². The first-order chi connectivity index (χ1) is 13.0. The van der Waals surface area contributed by atoms with Crippen molar-refractivity contribution in [3.05, 3.63) is 64.4 Å². The van der Waals surface area contributed by atoms with Gasteiger partial charge in [-0.05, 0) is 36.8 Å². The maximum atomic E-state index is 13.2. The van der Waals surface area contributed by atoms with Crippen molar-refractivity contribution in [3.8, 4) is 6.07 Å². The van der Waals surface area contributed by atoms with Gasteiger partial charge in [0.05, 0.1) is 11.3 Å². The molecule has 1 saturated heterocycles. The number of halogens is 2. The van der Waals surface area contributed by atoms with Gasteiger partial charge in [-0.15, -0.1) is 0 Å². The van der Waals surface area contributed by atoms with E-state index in [4.69, 9.17) is 16.9 Å². The summed E-state index contributed by atoms with van der Waals surface area (Å²) in [5.41, 5.74) is 1.49. The number of carbonyl (C=O) groups excluding carboxylic acids is 1. The van der Waals surface area contributed by atoms with Crippen LogP contribution in [0.15, 0.2) is 42.5 Å². The van der Waals surface area contributed by atoms with Gasteiger partial charge in [-0.3, -0.25) is 4.90 Å². The fourth-order valence-electron chi connectivity index (χ4n) is 3.24. The standard InChI is InChI=1S/C20H20ClFN4O/c1-14(17-4-2-3-5-18(17)21)25-8-10-26(11-9-25)20(27)24-19-7-6-16(22)12-15(19)13-23/h2-7,12,14H,8-11H2,1H3,(H,24,27). The van der Waals surface area contributed by atoms with Gasteiger partial charge in [0, 0.05) is 37.2 Å². The van der Waals surface area contributed by atoms with Gasteiger partial charge in [0.2, 0.25) is 0 Å². The quantitative estimate of drug-likeness (QED) is 0.857. The zero-order valence-corrected chi connectivity index (χ0v) is 15.7. The van der Waals surface area contributed by atoms with E-state index in [2.05, 4.69) is 17.1 Å². The summed E-state index contributed by atoms with van der Waals surface area (Å²) >= 11 is 6.29. The summed E-state index contributed by atoms with van der Waals surface area (Å²) in [5, 5.41) is 12.5. The number of nitrogens with one attached hydrogen (secondary N) is 1. The van der Waals surface area contributed by atoms with Crippen LogP contribution in [0, 0.1) is 17.1 Å². The summed E-state index contributed by atoms with van der Waals surface area (Å²) < 4.78 is 13.2. The van der Waals surface area contributed by atoms with Crippen LogP contribution >= 0.6 is 11.6 Å². The molecule has 2 aromatic carbocycles. The highest BCUT2D eigenvalue weighted by atomic mass is 35.5. The lowest BCUT2D eigenvalue weighted by Crippen LogP contribution is -2.50. The maximum absolute atomic E-state index is 13.2. The molecule has 1 N–H and O–H groups in total. The lowest BCUT2D eigenvalue weighted by atomic mass is 10.1.